The maximum atomic E-state index is 12.0. The van der Waals surface area contributed by atoms with Crippen molar-refractivity contribution in [2.24, 2.45) is 0 Å². The van der Waals surface area contributed by atoms with Crippen LogP contribution in [0.15, 0.2) is 18.2 Å². The van der Waals surface area contributed by atoms with Crippen LogP contribution in [0.3, 0.4) is 0 Å². The number of ether oxygens (including phenoxy) is 2. The van der Waals surface area contributed by atoms with E-state index in [0.29, 0.717) is 0 Å². The van der Waals surface area contributed by atoms with Crippen LogP contribution in [-0.4, -0.2) is 48.9 Å². The first-order chi connectivity index (χ1) is 11.8. The number of carbonyl (C=O) groups excluding carboxylic acids is 2. The fourth-order valence-electron chi connectivity index (χ4n) is 2.70. The summed E-state index contributed by atoms with van der Waals surface area (Å²) in [5.74, 6) is 0.370. The summed E-state index contributed by atoms with van der Waals surface area (Å²) in [5.41, 5.74) is 0.0782. The molecule has 1 aromatic rings. The van der Waals surface area contributed by atoms with Gasteiger partial charge in [-0.2, -0.15) is 0 Å². The minimum atomic E-state index is -0.846. The van der Waals surface area contributed by atoms with Crippen LogP contribution in [0.25, 0.3) is 0 Å². The first-order valence-electron chi connectivity index (χ1n) is 8.57. The summed E-state index contributed by atoms with van der Waals surface area (Å²) >= 11 is 0. The van der Waals surface area contributed by atoms with Gasteiger partial charge in [0.05, 0.1) is 7.11 Å². The van der Waals surface area contributed by atoms with Crippen LogP contribution in [0, 0.1) is 0 Å². The van der Waals surface area contributed by atoms with Crippen LogP contribution in [0.1, 0.15) is 39.3 Å². The maximum Gasteiger partial charge on any atom is 0.408 e. The molecule has 2 rings (SSSR count). The molecular formula is C18H27N3O4. The minimum absolute atomic E-state index is 0.244. The lowest BCUT2D eigenvalue weighted by Gasteiger charge is -2.23. The molecule has 0 unspecified atom stereocenters. The summed E-state index contributed by atoms with van der Waals surface area (Å²) in [5, 5.41) is 2.57. The topological polar surface area (TPSA) is 80.8 Å². The Kier molecular flexibility index (Phi) is 6.22. The van der Waals surface area contributed by atoms with E-state index < -0.39 is 23.7 Å². The van der Waals surface area contributed by atoms with Crippen molar-refractivity contribution in [1.29, 1.82) is 0 Å². The van der Waals surface area contributed by atoms with Gasteiger partial charge >= 0.3 is 12.1 Å². The number of nitrogens with one attached hydrogen (secondary N) is 1. The lowest BCUT2D eigenvalue weighted by Crippen LogP contribution is -2.45. The van der Waals surface area contributed by atoms with Crippen molar-refractivity contribution in [3.05, 3.63) is 23.9 Å². The molecule has 138 valence electrons. The highest BCUT2D eigenvalue weighted by Crippen LogP contribution is 2.18. The fraction of sp³-hybridized carbons (Fsp3) is 0.611. The molecule has 1 aliphatic heterocycles. The number of methoxy groups -OCH3 is 1. The smallest absolute Gasteiger partial charge is 0.408 e. The Bertz CT molecular complexity index is 607. The molecule has 1 N–H and O–H groups in total. The number of esters is 1. The summed E-state index contributed by atoms with van der Waals surface area (Å²) in [7, 11) is 1.29. The van der Waals surface area contributed by atoms with E-state index >= 15 is 0 Å². The molecule has 7 heteroatoms. The summed E-state index contributed by atoms with van der Waals surface area (Å²) in [6.07, 6.45) is 1.92. The van der Waals surface area contributed by atoms with Crippen molar-refractivity contribution in [2.75, 3.05) is 25.1 Å². The third-order valence-electron chi connectivity index (χ3n) is 3.81. The predicted octanol–water partition coefficient (Wildman–Crippen LogP) is 2.29. The molecule has 0 aliphatic carbocycles. The second kappa shape index (κ2) is 8.18. The predicted molar refractivity (Wildman–Crippen MR) is 94.6 cm³/mol. The maximum absolute atomic E-state index is 12.0. The Hall–Kier alpha value is -2.31. The number of hydrogen-bond acceptors (Lipinski definition) is 6. The van der Waals surface area contributed by atoms with Gasteiger partial charge in [0.25, 0.3) is 0 Å². The van der Waals surface area contributed by atoms with Crippen molar-refractivity contribution in [2.45, 2.75) is 51.7 Å². The lowest BCUT2D eigenvalue weighted by atomic mass is 10.1. The van der Waals surface area contributed by atoms with Crippen molar-refractivity contribution in [3.63, 3.8) is 0 Å². The fourth-order valence-corrected chi connectivity index (χ4v) is 2.70. The number of pyridine rings is 1. The molecule has 1 fully saturated rings. The summed E-state index contributed by atoms with van der Waals surface area (Å²) in [6.45, 7) is 7.28. The zero-order chi connectivity index (χ0) is 18.4. The summed E-state index contributed by atoms with van der Waals surface area (Å²) in [4.78, 5) is 30.9. The van der Waals surface area contributed by atoms with Gasteiger partial charge in [-0.05, 0) is 45.7 Å². The molecule has 0 aromatic carbocycles. The molecule has 7 nitrogen and oxygen atoms in total. The molecule has 0 bridgehead atoms. The van der Waals surface area contributed by atoms with Crippen molar-refractivity contribution in [3.8, 4) is 0 Å². The first kappa shape index (κ1) is 19.0. The SMILES string of the molecule is COC(=O)[C@H](Cc1cccc(N2CCCC2)n1)NC(=O)OC(C)(C)C. The second-order valence-electron chi connectivity index (χ2n) is 7.11. The van der Waals surface area contributed by atoms with E-state index in [1.54, 1.807) is 20.8 Å². The molecule has 1 atom stereocenters. The van der Waals surface area contributed by atoms with Crippen LogP contribution >= 0.6 is 0 Å². The van der Waals surface area contributed by atoms with Crippen LogP contribution in [0.2, 0.25) is 0 Å². The number of amides is 1. The van der Waals surface area contributed by atoms with Gasteiger partial charge in [0.2, 0.25) is 0 Å². The number of aromatic nitrogens is 1. The quantitative estimate of drug-likeness (QED) is 0.822. The number of nitrogens with zero attached hydrogens (tertiary/aromatic N) is 2. The van der Waals surface area contributed by atoms with E-state index in [1.807, 2.05) is 18.2 Å². The van der Waals surface area contributed by atoms with Gasteiger partial charge in [0, 0.05) is 25.2 Å². The molecule has 25 heavy (non-hydrogen) atoms. The Morgan fingerprint density at radius 3 is 2.56 bits per heavy atom. The van der Waals surface area contributed by atoms with E-state index in [1.165, 1.54) is 7.11 Å². The second-order valence-corrected chi connectivity index (χ2v) is 7.11. The molecule has 1 amide bonds. The van der Waals surface area contributed by atoms with Gasteiger partial charge in [-0.25, -0.2) is 14.6 Å². The van der Waals surface area contributed by atoms with Gasteiger partial charge in [-0.3, -0.25) is 0 Å². The van der Waals surface area contributed by atoms with Crippen LogP contribution in [0.4, 0.5) is 10.6 Å². The molecule has 1 saturated heterocycles. The number of hydrogen-bond donors (Lipinski definition) is 1. The van der Waals surface area contributed by atoms with Gasteiger partial charge in [0.1, 0.15) is 17.5 Å². The number of alkyl carbamates (subject to hydrolysis) is 1. The highest BCUT2D eigenvalue weighted by atomic mass is 16.6. The molecule has 0 radical (unpaired) electrons. The Labute approximate surface area is 148 Å². The monoisotopic (exact) mass is 349 g/mol. The Morgan fingerprint density at radius 2 is 1.96 bits per heavy atom. The van der Waals surface area contributed by atoms with Crippen LogP contribution in [-0.2, 0) is 20.7 Å². The van der Waals surface area contributed by atoms with Crippen LogP contribution in [0.5, 0.6) is 0 Å². The van der Waals surface area contributed by atoms with Crippen LogP contribution < -0.4 is 10.2 Å². The van der Waals surface area contributed by atoms with Crippen molar-refractivity contribution < 1.29 is 19.1 Å². The van der Waals surface area contributed by atoms with Gasteiger partial charge in [-0.1, -0.05) is 6.07 Å². The van der Waals surface area contributed by atoms with Gasteiger partial charge in [-0.15, -0.1) is 0 Å². The third kappa shape index (κ3) is 5.92. The zero-order valence-electron chi connectivity index (χ0n) is 15.4. The highest BCUT2D eigenvalue weighted by Gasteiger charge is 2.26. The average molecular weight is 349 g/mol. The molecule has 0 spiro atoms. The number of carbonyl (C=O) groups is 2. The summed E-state index contributed by atoms with van der Waals surface area (Å²) < 4.78 is 10.0. The Morgan fingerprint density at radius 1 is 1.28 bits per heavy atom. The normalized spacial score (nSPS) is 15.6. The molecule has 0 saturated carbocycles. The molecule has 1 aromatic heterocycles. The Balaban J connectivity index is 2.07. The largest absolute Gasteiger partial charge is 0.467 e. The standard InChI is InChI=1S/C18H27N3O4/c1-18(2,3)25-17(23)20-14(16(22)24-4)12-13-8-7-9-15(19-13)21-10-5-6-11-21/h7-9,14H,5-6,10-12H2,1-4H3,(H,20,23)/t14-/m0/s1. The van der Waals surface area contributed by atoms with Gasteiger partial charge < -0.3 is 19.7 Å². The van der Waals surface area contributed by atoms with E-state index in [9.17, 15) is 9.59 Å². The van der Waals surface area contributed by atoms with E-state index in [-0.39, 0.29) is 6.42 Å². The minimum Gasteiger partial charge on any atom is -0.467 e. The molecule has 2 heterocycles. The molecule has 1 aliphatic rings. The number of anilines is 1. The highest BCUT2D eigenvalue weighted by molar-refractivity contribution is 5.81. The average Bonchev–Trinajstić information content (AvgIpc) is 3.06. The number of rotatable bonds is 5. The van der Waals surface area contributed by atoms with E-state index in [2.05, 4.69) is 15.2 Å². The summed E-state index contributed by atoms with van der Waals surface area (Å²) in [6, 6.07) is 4.87. The van der Waals surface area contributed by atoms with Crippen molar-refractivity contribution >= 4 is 17.9 Å². The van der Waals surface area contributed by atoms with E-state index in [4.69, 9.17) is 9.47 Å². The van der Waals surface area contributed by atoms with Gasteiger partial charge in [0.15, 0.2) is 0 Å². The van der Waals surface area contributed by atoms with E-state index in [0.717, 1.165) is 37.4 Å². The zero-order valence-corrected chi connectivity index (χ0v) is 15.4. The lowest BCUT2D eigenvalue weighted by molar-refractivity contribution is -0.143. The first-order valence-corrected chi connectivity index (χ1v) is 8.57. The third-order valence-corrected chi connectivity index (χ3v) is 3.81. The molecular weight excluding hydrogens is 322 g/mol. The van der Waals surface area contributed by atoms with Crippen molar-refractivity contribution in [1.82, 2.24) is 10.3 Å².